The van der Waals surface area contributed by atoms with Gasteiger partial charge in [0.25, 0.3) is 0 Å². The highest BCUT2D eigenvalue weighted by atomic mass is 32.2. The van der Waals surface area contributed by atoms with Crippen molar-refractivity contribution in [3.8, 4) is 33.6 Å². The minimum atomic E-state index is 0.895. The SMILES string of the molecule is Cc1cc(C)c(-c2ccc3c(c2)c2cc(Sc4ccc5c(c4)c4cc(-c6c(C)cc(C)cc6C)ccc4n5-c4ccc5oc6ccccc6c5c4)ccc2n3-c2ccc3oc4ccccc4c3c2)c(C)c1. The van der Waals surface area contributed by atoms with Crippen LogP contribution >= 0.6 is 11.8 Å². The normalized spacial score (nSPS) is 12.1. The topological polar surface area (TPSA) is 36.1 Å². The molecule has 0 saturated heterocycles. The van der Waals surface area contributed by atoms with Crippen LogP contribution in [-0.2, 0) is 0 Å². The fourth-order valence-electron chi connectivity index (χ4n) is 12.1. The average molecular weight is 933 g/mol. The molecule has 0 aliphatic rings. The van der Waals surface area contributed by atoms with E-state index in [1.165, 1.54) is 109 Å². The summed E-state index contributed by atoms with van der Waals surface area (Å²) in [5.74, 6) is 0. The number of fused-ring (bicyclic) bond motifs is 12. The van der Waals surface area contributed by atoms with Gasteiger partial charge in [-0.2, -0.15) is 0 Å². The van der Waals surface area contributed by atoms with Crippen LogP contribution in [0, 0.1) is 41.5 Å². The Morgan fingerprint density at radius 1 is 0.310 bits per heavy atom. The van der Waals surface area contributed by atoms with Crippen LogP contribution in [0.2, 0.25) is 0 Å². The molecule has 0 N–H and O–H groups in total. The molecule has 0 aliphatic carbocycles. The summed E-state index contributed by atoms with van der Waals surface area (Å²) < 4.78 is 17.4. The zero-order valence-electron chi connectivity index (χ0n) is 40.4. The first-order chi connectivity index (χ1) is 34.6. The maximum absolute atomic E-state index is 6.29. The van der Waals surface area contributed by atoms with Crippen molar-refractivity contribution in [2.45, 2.75) is 51.3 Å². The molecule has 0 unspecified atom stereocenters. The van der Waals surface area contributed by atoms with Crippen molar-refractivity contribution in [1.82, 2.24) is 9.13 Å². The van der Waals surface area contributed by atoms with E-state index in [0.29, 0.717) is 0 Å². The van der Waals surface area contributed by atoms with Gasteiger partial charge in [-0.1, -0.05) is 95.7 Å². The van der Waals surface area contributed by atoms with Crippen LogP contribution in [0.1, 0.15) is 33.4 Å². The average Bonchev–Trinajstić information content (AvgIpc) is 4.10. The lowest BCUT2D eigenvalue weighted by Gasteiger charge is -2.13. The quantitative estimate of drug-likeness (QED) is 0.167. The zero-order valence-corrected chi connectivity index (χ0v) is 41.3. The molecule has 14 aromatic rings. The first-order valence-electron chi connectivity index (χ1n) is 24.5. The lowest BCUT2D eigenvalue weighted by molar-refractivity contribution is 0.668. The molecule has 5 heteroatoms. The summed E-state index contributed by atoms with van der Waals surface area (Å²) in [6, 6.07) is 67.2. The van der Waals surface area contributed by atoms with Gasteiger partial charge in [-0.05, 0) is 195 Å². The van der Waals surface area contributed by atoms with E-state index in [1.807, 2.05) is 23.9 Å². The molecule has 0 amide bonds. The summed E-state index contributed by atoms with van der Waals surface area (Å²) in [6.45, 7) is 13.3. The first kappa shape index (κ1) is 41.7. The lowest BCUT2D eigenvalue weighted by Crippen LogP contribution is -1.94. The van der Waals surface area contributed by atoms with Crippen LogP contribution < -0.4 is 0 Å². The van der Waals surface area contributed by atoms with Crippen LogP contribution in [0.3, 0.4) is 0 Å². The zero-order chi connectivity index (χ0) is 47.8. The first-order valence-corrected chi connectivity index (χ1v) is 25.3. The number of para-hydroxylation sites is 2. The minimum absolute atomic E-state index is 0.895. The maximum atomic E-state index is 6.29. The number of benzene rings is 10. The highest BCUT2D eigenvalue weighted by Crippen LogP contribution is 2.44. The minimum Gasteiger partial charge on any atom is -0.456 e. The second-order valence-electron chi connectivity index (χ2n) is 19.7. The van der Waals surface area contributed by atoms with Crippen LogP contribution in [0.15, 0.2) is 201 Å². The molecule has 0 saturated carbocycles. The van der Waals surface area contributed by atoms with Crippen molar-refractivity contribution >= 4 is 99.3 Å². The lowest BCUT2D eigenvalue weighted by atomic mass is 9.93. The van der Waals surface area contributed by atoms with E-state index in [0.717, 1.165) is 55.3 Å². The Kier molecular flexibility index (Phi) is 9.18. The molecule has 71 heavy (non-hydrogen) atoms. The van der Waals surface area contributed by atoms with Gasteiger partial charge in [-0.3, -0.25) is 0 Å². The van der Waals surface area contributed by atoms with Crippen LogP contribution in [0.5, 0.6) is 0 Å². The van der Waals surface area contributed by atoms with Gasteiger partial charge >= 0.3 is 0 Å². The molecular weight excluding hydrogens is 885 g/mol. The van der Waals surface area contributed by atoms with Crippen molar-refractivity contribution in [1.29, 1.82) is 0 Å². The van der Waals surface area contributed by atoms with Crippen molar-refractivity contribution in [2.24, 2.45) is 0 Å². The summed E-state index contributed by atoms with van der Waals surface area (Å²) in [6.07, 6.45) is 0. The van der Waals surface area contributed by atoms with E-state index in [2.05, 4.69) is 221 Å². The van der Waals surface area contributed by atoms with Crippen molar-refractivity contribution in [2.75, 3.05) is 0 Å². The standard InChI is InChI=1S/C66H48N2O2S/c1-37-27-39(3)65(40(4)28-37)43-15-21-57-51(31-43)53-35-47(19-23-59(53)67(57)45-17-25-63-55(33-45)49-11-7-9-13-61(49)69-63)71-48-20-24-60-54(36-48)52-32-44(66-41(5)29-38(2)30-42(66)6)16-22-58(52)68(60)46-18-26-64-56(34-46)50-12-8-10-14-62(50)70-64/h7-36H,1-6H3. The van der Waals surface area contributed by atoms with Gasteiger partial charge in [0.1, 0.15) is 22.3 Å². The Bertz CT molecular complexity index is 4240. The maximum Gasteiger partial charge on any atom is 0.135 e. The summed E-state index contributed by atoms with van der Waals surface area (Å²) in [7, 11) is 0. The smallest absolute Gasteiger partial charge is 0.135 e. The molecule has 0 atom stereocenters. The molecule has 14 rings (SSSR count). The Balaban J connectivity index is 0.945. The molecule has 10 aromatic carbocycles. The summed E-state index contributed by atoms with van der Waals surface area (Å²) in [5, 5.41) is 9.39. The van der Waals surface area contributed by atoms with Gasteiger partial charge in [0.2, 0.25) is 0 Å². The van der Waals surface area contributed by atoms with Gasteiger partial charge in [-0.15, -0.1) is 0 Å². The third-order valence-corrected chi connectivity index (χ3v) is 15.9. The molecular formula is C66H48N2O2S. The Morgan fingerprint density at radius 2 is 0.676 bits per heavy atom. The molecule has 0 spiro atoms. The van der Waals surface area contributed by atoms with Crippen molar-refractivity contribution in [3.63, 3.8) is 0 Å². The Morgan fingerprint density at radius 3 is 1.10 bits per heavy atom. The number of hydrogen-bond donors (Lipinski definition) is 0. The third kappa shape index (κ3) is 6.53. The second-order valence-corrected chi connectivity index (χ2v) is 20.8. The number of rotatable bonds is 6. The van der Waals surface area contributed by atoms with Crippen LogP contribution in [0.25, 0.3) is 121 Å². The summed E-state index contributed by atoms with van der Waals surface area (Å²) in [5.41, 5.74) is 23.3. The Hall–Kier alpha value is -8.25. The van der Waals surface area contributed by atoms with Crippen LogP contribution in [0.4, 0.5) is 0 Å². The fourth-order valence-corrected chi connectivity index (χ4v) is 13.0. The van der Waals surface area contributed by atoms with Gasteiger partial charge < -0.3 is 18.0 Å². The van der Waals surface area contributed by atoms with Gasteiger partial charge in [-0.25, -0.2) is 0 Å². The van der Waals surface area contributed by atoms with Crippen molar-refractivity contribution in [3.05, 3.63) is 215 Å². The number of furan rings is 2. The highest BCUT2D eigenvalue weighted by Gasteiger charge is 2.20. The number of aryl methyl sites for hydroxylation is 6. The van der Waals surface area contributed by atoms with Gasteiger partial charge in [0, 0.05) is 64.3 Å². The predicted octanol–water partition coefficient (Wildman–Crippen LogP) is 19.0. The number of aromatic nitrogens is 2. The van der Waals surface area contributed by atoms with Gasteiger partial charge in [0.05, 0.1) is 22.1 Å². The second kappa shape index (κ2) is 15.6. The van der Waals surface area contributed by atoms with Crippen LogP contribution in [-0.4, -0.2) is 9.13 Å². The molecule has 0 radical (unpaired) electrons. The highest BCUT2D eigenvalue weighted by molar-refractivity contribution is 7.99. The van der Waals surface area contributed by atoms with Gasteiger partial charge in [0.15, 0.2) is 0 Å². The molecule has 0 aliphatic heterocycles. The number of nitrogens with zero attached hydrogens (tertiary/aromatic N) is 2. The molecule has 0 bridgehead atoms. The molecule has 4 aromatic heterocycles. The summed E-state index contributed by atoms with van der Waals surface area (Å²) >= 11 is 1.82. The largest absolute Gasteiger partial charge is 0.456 e. The van der Waals surface area contributed by atoms with E-state index in [1.54, 1.807) is 0 Å². The molecule has 340 valence electrons. The third-order valence-electron chi connectivity index (χ3n) is 14.9. The monoisotopic (exact) mass is 932 g/mol. The van der Waals surface area contributed by atoms with E-state index >= 15 is 0 Å². The van der Waals surface area contributed by atoms with Crippen molar-refractivity contribution < 1.29 is 8.83 Å². The fraction of sp³-hybridized carbons (Fsp3) is 0.0909. The number of hydrogen-bond acceptors (Lipinski definition) is 3. The molecule has 0 fully saturated rings. The molecule has 4 nitrogen and oxygen atoms in total. The Labute approximate surface area is 415 Å². The van der Waals surface area contributed by atoms with E-state index in [9.17, 15) is 0 Å². The molecule has 4 heterocycles. The van der Waals surface area contributed by atoms with E-state index in [4.69, 9.17) is 8.83 Å². The predicted molar refractivity (Wildman–Crippen MR) is 300 cm³/mol. The van der Waals surface area contributed by atoms with E-state index in [-0.39, 0.29) is 0 Å². The van der Waals surface area contributed by atoms with E-state index < -0.39 is 0 Å². The summed E-state index contributed by atoms with van der Waals surface area (Å²) in [4.78, 5) is 2.38.